The van der Waals surface area contributed by atoms with Gasteiger partial charge in [0.25, 0.3) is 6.43 Å². The molecule has 0 radical (unpaired) electrons. The Bertz CT molecular complexity index is 457. The molecule has 20 heavy (non-hydrogen) atoms. The van der Waals surface area contributed by atoms with Crippen molar-refractivity contribution < 1.29 is 18.3 Å². The third-order valence-corrected chi connectivity index (χ3v) is 3.64. The topological polar surface area (TPSA) is 44.5 Å². The summed E-state index contributed by atoms with van der Waals surface area (Å²) < 4.78 is 35.3. The summed E-state index contributed by atoms with van der Waals surface area (Å²) in [6, 6.07) is 3.93. The zero-order valence-electron chi connectivity index (χ0n) is 11.1. The Kier molecular flexibility index (Phi) is 5.74. The highest BCUT2D eigenvalue weighted by Crippen LogP contribution is 2.33. The van der Waals surface area contributed by atoms with Crippen molar-refractivity contribution in [1.82, 2.24) is 0 Å². The zero-order valence-corrected chi connectivity index (χ0v) is 12.7. The monoisotopic (exact) mass is 349 g/mol. The van der Waals surface area contributed by atoms with Gasteiger partial charge in [-0.15, -0.1) is 0 Å². The fourth-order valence-corrected chi connectivity index (χ4v) is 2.84. The van der Waals surface area contributed by atoms with Crippen LogP contribution in [0.4, 0.5) is 8.78 Å². The lowest BCUT2D eigenvalue weighted by molar-refractivity contribution is 0.0153. The number of hydrogen-bond donors (Lipinski definition) is 1. The van der Waals surface area contributed by atoms with Gasteiger partial charge in [0.15, 0.2) is 0 Å². The molecule has 0 saturated carbocycles. The zero-order chi connectivity index (χ0) is 14.5. The fourth-order valence-electron chi connectivity index (χ4n) is 2.29. The maximum Gasteiger partial charge on any atom is 0.261 e. The molecule has 0 aromatic heterocycles. The summed E-state index contributed by atoms with van der Waals surface area (Å²) in [6.45, 7) is 0.427. The maximum absolute atomic E-state index is 11.9. The van der Waals surface area contributed by atoms with E-state index >= 15 is 0 Å². The highest BCUT2D eigenvalue weighted by atomic mass is 79.9. The number of hydrogen-bond acceptors (Lipinski definition) is 3. The molecule has 0 fully saturated rings. The van der Waals surface area contributed by atoms with E-state index in [4.69, 9.17) is 15.2 Å². The van der Waals surface area contributed by atoms with Crippen LogP contribution >= 0.6 is 15.9 Å². The van der Waals surface area contributed by atoms with Crippen LogP contribution in [0.2, 0.25) is 0 Å². The van der Waals surface area contributed by atoms with Gasteiger partial charge in [-0.1, -0.05) is 15.9 Å². The van der Waals surface area contributed by atoms with E-state index in [1.807, 2.05) is 6.07 Å². The van der Waals surface area contributed by atoms with Crippen LogP contribution in [0.25, 0.3) is 0 Å². The van der Waals surface area contributed by atoms with Gasteiger partial charge >= 0.3 is 0 Å². The first-order valence-electron chi connectivity index (χ1n) is 6.62. The van der Waals surface area contributed by atoms with Gasteiger partial charge in [0.05, 0.1) is 6.61 Å². The third-order valence-electron chi connectivity index (χ3n) is 3.18. The number of fused-ring (bicyclic) bond motifs is 1. The summed E-state index contributed by atoms with van der Waals surface area (Å²) in [6.07, 6.45) is -0.310. The van der Waals surface area contributed by atoms with Crippen LogP contribution in [0, 0.1) is 0 Å². The molecule has 1 aliphatic heterocycles. The molecule has 1 unspecified atom stereocenters. The average molecular weight is 350 g/mol. The molecule has 2 N–H and O–H groups in total. The predicted molar refractivity (Wildman–Crippen MR) is 76.5 cm³/mol. The van der Waals surface area contributed by atoms with Crippen molar-refractivity contribution in [3.8, 4) is 5.75 Å². The minimum absolute atomic E-state index is 0.129. The molecular weight excluding hydrogens is 332 g/mol. The van der Waals surface area contributed by atoms with Gasteiger partial charge in [-0.25, -0.2) is 8.78 Å². The molecule has 1 aromatic rings. The van der Waals surface area contributed by atoms with Crippen LogP contribution in [0.15, 0.2) is 16.6 Å². The molecule has 0 saturated heterocycles. The Labute approximate surface area is 125 Å². The van der Waals surface area contributed by atoms with E-state index in [0.29, 0.717) is 19.4 Å². The molecule has 1 aliphatic rings. The first-order chi connectivity index (χ1) is 9.56. The van der Waals surface area contributed by atoms with Crippen molar-refractivity contribution in [2.75, 3.05) is 19.8 Å². The van der Waals surface area contributed by atoms with Crippen molar-refractivity contribution in [2.45, 2.75) is 31.7 Å². The number of ether oxygens (including phenoxy) is 2. The van der Waals surface area contributed by atoms with Crippen LogP contribution in [0.5, 0.6) is 5.75 Å². The number of rotatable bonds is 7. The molecule has 1 aromatic carbocycles. The Hall–Kier alpha value is -0.720. The summed E-state index contributed by atoms with van der Waals surface area (Å²) >= 11 is 3.48. The maximum atomic E-state index is 11.9. The second kappa shape index (κ2) is 7.33. The van der Waals surface area contributed by atoms with E-state index in [9.17, 15) is 8.78 Å². The Morgan fingerprint density at radius 2 is 2.20 bits per heavy atom. The lowest BCUT2D eigenvalue weighted by Crippen LogP contribution is -2.25. The first-order valence-corrected chi connectivity index (χ1v) is 7.41. The van der Waals surface area contributed by atoms with Gasteiger partial charge in [0.1, 0.15) is 12.4 Å². The van der Waals surface area contributed by atoms with Gasteiger partial charge in [-0.2, -0.15) is 0 Å². The van der Waals surface area contributed by atoms with Crippen molar-refractivity contribution in [3.05, 3.63) is 27.7 Å². The smallest absolute Gasteiger partial charge is 0.261 e. The summed E-state index contributed by atoms with van der Waals surface area (Å²) in [7, 11) is 0. The van der Waals surface area contributed by atoms with Gasteiger partial charge in [0, 0.05) is 23.5 Å². The van der Waals surface area contributed by atoms with Crippen molar-refractivity contribution in [2.24, 2.45) is 5.73 Å². The molecule has 1 atom stereocenters. The van der Waals surface area contributed by atoms with Crippen molar-refractivity contribution >= 4 is 15.9 Å². The minimum Gasteiger partial charge on any atom is -0.493 e. The second-order valence-corrected chi connectivity index (χ2v) is 5.79. The van der Waals surface area contributed by atoms with E-state index in [2.05, 4.69) is 22.0 Å². The molecule has 6 heteroatoms. The minimum atomic E-state index is -2.42. The molecule has 0 spiro atoms. The molecule has 2 rings (SSSR count). The quantitative estimate of drug-likeness (QED) is 0.769. The summed E-state index contributed by atoms with van der Waals surface area (Å²) in [5.74, 6) is 0.928. The van der Waals surface area contributed by atoms with Crippen LogP contribution in [0.3, 0.4) is 0 Å². The van der Waals surface area contributed by atoms with Crippen LogP contribution in [0.1, 0.15) is 17.5 Å². The molecular formula is C14H18BrF2NO2. The lowest BCUT2D eigenvalue weighted by Gasteiger charge is -2.15. The largest absolute Gasteiger partial charge is 0.493 e. The number of nitrogens with two attached hydrogens (primary N) is 1. The molecule has 1 heterocycles. The van der Waals surface area contributed by atoms with E-state index in [-0.39, 0.29) is 12.6 Å². The first kappa shape index (κ1) is 15.7. The van der Waals surface area contributed by atoms with Crippen molar-refractivity contribution in [1.29, 1.82) is 0 Å². The highest BCUT2D eigenvalue weighted by molar-refractivity contribution is 9.10. The van der Waals surface area contributed by atoms with Gasteiger partial charge in [-0.05, 0) is 36.1 Å². The normalized spacial score (nSPS) is 15.2. The van der Waals surface area contributed by atoms with Gasteiger partial charge in [0.2, 0.25) is 0 Å². The van der Waals surface area contributed by atoms with Crippen molar-refractivity contribution in [3.63, 3.8) is 0 Å². The van der Waals surface area contributed by atoms with Gasteiger partial charge < -0.3 is 15.2 Å². The molecule has 0 bridgehead atoms. The van der Waals surface area contributed by atoms with Crippen LogP contribution < -0.4 is 10.5 Å². The second-order valence-electron chi connectivity index (χ2n) is 4.87. The summed E-state index contributed by atoms with van der Waals surface area (Å²) in [5, 5.41) is 0. The van der Waals surface area contributed by atoms with E-state index in [1.165, 1.54) is 5.56 Å². The standard InChI is InChI=1S/C14H18BrF2NO2/c15-11-5-9-1-4-20-14(9)10(6-11)7-12(18)2-3-19-8-13(16)17/h5-6,12-13H,1-4,7-8,18H2. The van der Waals surface area contributed by atoms with Gasteiger partial charge in [-0.3, -0.25) is 0 Å². The predicted octanol–water partition coefficient (Wildman–Crippen LogP) is 2.93. The molecule has 3 nitrogen and oxygen atoms in total. The van der Waals surface area contributed by atoms with E-state index in [1.54, 1.807) is 0 Å². The summed E-state index contributed by atoms with van der Waals surface area (Å²) in [5.41, 5.74) is 8.28. The molecule has 0 aliphatic carbocycles. The fraction of sp³-hybridized carbons (Fsp3) is 0.571. The van der Waals surface area contributed by atoms with E-state index < -0.39 is 13.0 Å². The molecule has 0 amide bonds. The lowest BCUT2D eigenvalue weighted by atomic mass is 10.0. The number of halogens is 3. The molecule has 112 valence electrons. The van der Waals surface area contributed by atoms with Crippen LogP contribution in [-0.2, 0) is 17.6 Å². The average Bonchev–Trinajstić information content (AvgIpc) is 2.82. The van der Waals surface area contributed by atoms with E-state index in [0.717, 1.165) is 22.2 Å². The Balaban J connectivity index is 1.87. The SMILES string of the molecule is NC(CCOCC(F)F)Cc1cc(Br)cc2c1OCC2. The highest BCUT2D eigenvalue weighted by Gasteiger charge is 2.19. The number of benzene rings is 1. The van der Waals surface area contributed by atoms with Crippen LogP contribution in [-0.4, -0.2) is 32.3 Å². The summed E-state index contributed by atoms with van der Waals surface area (Å²) in [4.78, 5) is 0. The third kappa shape index (κ3) is 4.40. The Morgan fingerprint density at radius 3 is 2.95 bits per heavy atom. The number of alkyl halides is 2. The Morgan fingerprint density at radius 1 is 1.40 bits per heavy atom.